The highest BCUT2D eigenvalue weighted by Crippen LogP contribution is 2.12. The van der Waals surface area contributed by atoms with Crippen LogP contribution in [-0.2, 0) is 4.74 Å². The molecule has 0 spiro atoms. The predicted octanol–water partition coefficient (Wildman–Crippen LogP) is 1.75. The molecule has 0 aliphatic heterocycles. The first-order valence-electron chi connectivity index (χ1n) is 5.42. The molecule has 1 aromatic rings. The van der Waals surface area contributed by atoms with E-state index >= 15 is 0 Å². The number of aromatic nitrogens is 2. The van der Waals surface area contributed by atoms with Gasteiger partial charge in [-0.2, -0.15) is 0 Å². The molecule has 16 heavy (non-hydrogen) atoms. The second-order valence-corrected chi connectivity index (χ2v) is 4.14. The van der Waals surface area contributed by atoms with Gasteiger partial charge in [0.25, 0.3) is 0 Å². The molecule has 0 atom stereocenters. The normalized spacial score (nSPS) is 11.2. The van der Waals surface area contributed by atoms with E-state index < -0.39 is 0 Å². The molecule has 5 nitrogen and oxygen atoms in total. The van der Waals surface area contributed by atoms with Crippen molar-refractivity contribution >= 4 is 11.6 Å². The molecule has 0 amide bonds. The zero-order valence-electron chi connectivity index (χ0n) is 10.4. The zero-order chi connectivity index (χ0) is 12.0. The number of anilines is 2. The van der Waals surface area contributed by atoms with Crippen LogP contribution in [0.5, 0.6) is 0 Å². The van der Waals surface area contributed by atoms with E-state index in [9.17, 15) is 0 Å². The van der Waals surface area contributed by atoms with Gasteiger partial charge in [0, 0.05) is 26.3 Å². The van der Waals surface area contributed by atoms with E-state index in [-0.39, 0.29) is 5.60 Å². The SMILES string of the molecule is CCNc1cc(NCC(C)(C)OC)ncn1. The molecule has 1 aromatic heterocycles. The Morgan fingerprint density at radius 3 is 2.44 bits per heavy atom. The van der Waals surface area contributed by atoms with Crippen LogP contribution in [0.4, 0.5) is 11.6 Å². The van der Waals surface area contributed by atoms with Crippen LogP contribution in [0, 0.1) is 0 Å². The lowest BCUT2D eigenvalue weighted by molar-refractivity contribution is 0.0343. The molecule has 1 heterocycles. The average Bonchev–Trinajstić information content (AvgIpc) is 2.28. The van der Waals surface area contributed by atoms with E-state index in [1.54, 1.807) is 13.4 Å². The van der Waals surface area contributed by atoms with E-state index in [4.69, 9.17) is 4.74 Å². The van der Waals surface area contributed by atoms with Crippen LogP contribution in [0.1, 0.15) is 20.8 Å². The minimum absolute atomic E-state index is 0.205. The van der Waals surface area contributed by atoms with Gasteiger partial charge in [-0.3, -0.25) is 0 Å². The summed E-state index contributed by atoms with van der Waals surface area (Å²) in [6.45, 7) is 7.62. The monoisotopic (exact) mass is 224 g/mol. The number of ether oxygens (including phenoxy) is 1. The van der Waals surface area contributed by atoms with E-state index in [0.717, 1.165) is 18.2 Å². The maximum Gasteiger partial charge on any atom is 0.131 e. The summed E-state index contributed by atoms with van der Waals surface area (Å²) in [4.78, 5) is 8.24. The van der Waals surface area contributed by atoms with Crippen molar-refractivity contribution < 1.29 is 4.74 Å². The zero-order valence-corrected chi connectivity index (χ0v) is 10.4. The smallest absolute Gasteiger partial charge is 0.131 e. The van der Waals surface area contributed by atoms with Crippen LogP contribution in [0.25, 0.3) is 0 Å². The van der Waals surface area contributed by atoms with Crippen molar-refractivity contribution in [1.82, 2.24) is 9.97 Å². The molecule has 0 aliphatic rings. The number of methoxy groups -OCH3 is 1. The molecule has 0 saturated heterocycles. The summed E-state index contributed by atoms with van der Waals surface area (Å²) in [6.07, 6.45) is 1.54. The molecule has 0 aromatic carbocycles. The van der Waals surface area contributed by atoms with Crippen molar-refractivity contribution in [1.29, 1.82) is 0 Å². The molecule has 0 aliphatic carbocycles. The Bertz CT molecular complexity index is 328. The Morgan fingerprint density at radius 2 is 1.88 bits per heavy atom. The van der Waals surface area contributed by atoms with E-state index in [0.29, 0.717) is 6.54 Å². The summed E-state index contributed by atoms with van der Waals surface area (Å²) >= 11 is 0. The third-order valence-corrected chi connectivity index (χ3v) is 2.27. The van der Waals surface area contributed by atoms with Crippen molar-refractivity contribution in [2.75, 3.05) is 30.8 Å². The fraction of sp³-hybridized carbons (Fsp3) is 0.636. The van der Waals surface area contributed by atoms with Crippen LogP contribution in [-0.4, -0.2) is 35.8 Å². The lowest BCUT2D eigenvalue weighted by Crippen LogP contribution is -2.32. The van der Waals surface area contributed by atoms with Crippen molar-refractivity contribution in [3.63, 3.8) is 0 Å². The maximum absolute atomic E-state index is 5.32. The Balaban J connectivity index is 2.57. The summed E-state index contributed by atoms with van der Waals surface area (Å²) in [5.41, 5.74) is -0.205. The van der Waals surface area contributed by atoms with Gasteiger partial charge in [0.1, 0.15) is 18.0 Å². The molecule has 90 valence electrons. The molecule has 2 N–H and O–H groups in total. The third kappa shape index (κ3) is 4.02. The highest BCUT2D eigenvalue weighted by molar-refractivity contribution is 5.46. The van der Waals surface area contributed by atoms with Crippen molar-refractivity contribution in [3.8, 4) is 0 Å². The van der Waals surface area contributed by atoms with Crippen LogP contribution in [0.2, 0.25) is 0 Å². The summed E-state index contributed by atoms with van der Waals surface area (Å²) in [5, 5.41) is 6.36. The molecule has 0 fully saturated rings. The number of nitrogens with one attached hydrogen (secondary N) is 2. The first kappa shape index (κ1) is 12.7. The Morgan fingerprint density at radius 1 is 1.25 bits per heavy atom. The standard InChI is InChI=1S/C11H20N4O/c1-5-12-9-6-10(15-8-14-9)13-7-11(2,3)16-4/h6,8H,5,7H2,1-4H3,(H2,12,13,14,15). The van der Waals surface area contributed by atoms with Gasteiger partial charge >= 0.3 is 0 Å². The lowest BCUT2D eigenvalue weighted by Gasteiger charge is -2.23. The minimum Gasteiger partial charge on any atom is -0.377 e. The van der Waals surface area contributed by atoms with Gasteiger partial charge in [0.2, 0.25) is 0 Å². The van der Waals surface area contributed by atoms with Gasteiger partial charge in [0.05, 0.1) is 5.60 Å². The van der Waals surface area contributed by atoms with Gasteiger partial charge in [-0.25, -0.2) is 9.97 Å². The summed E-state index contributed by atoms with van der Waals surface area (Å²) in [6, 6.07) is 1.88. The average molecular weight is 224 g/mol. The fourth-order valence-electron chi connectivity index (χ4n) is 1.11. The van der Waals surface area contributed by atoms with Gasteiger partial charge in [-0.05, 0) is 20.8 Å². The Labute approximate surface area is 96.6 Å². The maximum atomic E-state index is 5.32. The van der Waals surface area contributed by atoms with Crippen LogP contribution < -0.4 is 10.6 Å². The first-order valence-corrected chi connectivity index (χ1v) is 5.42. The predicted molar refractivity (Wildman–Crippen MR) is 65.8 cm³/mol. The highest BCUT2D eigenvalue weighted by atomic mass is 16.5. The number of rotatable bonds is 6. The lowest BCUT2D eigenvalue weighted by atomic mass is 10.1. The first-order chi connectivity index (χ1) is 7.57. The van der Waals surface area contributed by atoms with Gasteiger partial charge in [0.15, 0.2) is 0 Å². The molecule has 0 bridgehead atoms. The van der Waals surface area contributed by atoms with Crippen LogP contribution in [0.3, 0.4) is 0 Å². The largest absolute Gasteiger partial charge is 0.377 e. The van der Waals surface area contributed by atoms with Gasteiger partial charge in [-0.15, -0.1) is 0 Å². The summed E-state index contributed by atoms with van der Waals surface area (Å²) < 4.78 is 5.32. The molecule has 0 radical (unpaired) electrons. The van der Waals surface area contributed by atoms with E-state index in [2.05, 4.69) is 20.6 Å². The molecule has 5 heteroatoms. The summed E-state index contributed by atoms with van der Waals surface area (Å²) in [5.74, 6) is 1.63. The van der Waals surface area contributed by atoms with E-state index in [1.165, 1.54) is 0 Å². The van der Waals surface area contributed by atoms with Gasteiger partial charge < -0.3 is 15.4 Å². The number of nitrogens with zero attached hydrogens (tertiary/aromatic N) is 2. The third-order valence-electron chi connectivity index (χ3n) is 2.27. The van der Waals surface area contributed by atoms with Crippen LogP contribution >= 0.6 is 0 Å². The van der Waals surface area contributed by atoms with Crippen molar-refractivity contribution in [3.05, 3.63) is 12.4 Å². The molecule has 1 rings (SSSR count). The topological polar surface area (TPSA) is 59.1 Å². The molecular formula is C11H20N4O. The molecular weight excluding hydrogens is 204 g/mol. The number of hydrogen-bond acceptors (Lipinski definition) is 5. The van der Waals surface area contributed by atoms with Crippen molar-refractivity contribution in [2.45, 2.75) is 26.4 Å². The Hall–Kier alpha value is -1.36. The number of hydrogen-bond donors (Lipinski definition) is 2. The highest BCUT2D eigenvalue weighted by Gasteiger charge is 2.15. The summed E-state index contributed by atoms with van der Waals surface area (Å²) in [7, 11) is 1.70. The van der Waals surface area contributed by atoms with Crippen LogP contribution in [0.15, 0.2) is 12.4 Å². The fourth-order valence-corrected chi connectivity index (χ4v) is 1.11. The minimum atomic E-state index is -0.205. The quantitative estimate of drug-likeness (QED) is 0.771. The molecule has 0 saturated carbocycles. The Kier molecular flexibility index (Phi) is 4.49. The molecule has 0 unspecified atom stereocenters. The van der Waals surface area contributed by atoms with Crippen molar-refractivity contribution in [2.24, 2.45) is 0 Å². The van der Waals surface area contributed by atoms with Gasteiger partial charge in [-0.1, -0.05) is 0 Å². The second-order valence-electron chi connectivity index (χ2n) is 4.14. The second kappa shape index (κ2) is 5.65. The van der Waals surface area contributed by atoms with E-state index in [1.807, 2.05) is 26.8 Å².